The minimum absolute atomic E-state index is 0.0186. The number of hydrogen-bond donors (Lipinski definition) is 3. The maximum atomic E-state index is 11.6. The van der Waals surface area contributed by atoms with Gasteiger partial charge >= 0.3 is 11.9 Å². The van der Waals surface area contributed by atoms with E-state index in [1.807, 2.05) is 0 Å². The first-order chi connectivity index (χ1) is 18.8. The number of carboxylic acids is 1. The third-order valence-electron chi connectivity index (χ3n) is 6.86. The highest BCUT2D eigenvalue weighted by atomic mass is 16.5. The average molecular weight is 554 g/mol. The number of carbonyl (C=O) groups is 2. The van der Waals surface area contributed by atoms with Crippen LogP contribution in [0.25, 0.3) is 0 Å². The third kappa shape index (κ3) is 26.0. The molecule has 0 amide bonds. The summed E-state index contributed by atoms with van der Waals surface area (Å²) in [7, 11) is 2.14. The summed E-state index contributed by atoms with van der Waals surface area (Å²) in [5, 5.41) is 10.1. The smallest absolute Gasteiger partial charge is 0.353 e. The fourth-order valence-electron chi connectivity index (χ4n) is 4.57. The lowest BCUT2D eigenvalue weighted by atomic mass is 10.1. The Labute approximate surface area is 238 Å². The van der Waals surface area contributed by atoms with Crippen molar-refractivity contribution in [2.45, 2.75) is 136 Å². The van der Waals surface area contributed by atoms with Crippen molar-refractivity contribution in [1.82, 2.24) is 15.4 Å². The number of esters is 1. The van der Waals surface area contributed by atoms with Gasteiger partial charge in [-0.1, -0.05) is 103 Å². The van der Waals surface area contributed by atoms with E-state index in [0.29, 0.717) is 6.54 Å². The molecule has 39 heavy (non-hydrogen) atoms. The van der Waals surface area contributed by atoms with Crippen molar-refractivity contribution in [1.29, 1.82) is 0 Å². The Morgan fingerprint density at radius 3 is 1.90 bits per heavy atom. The summed E-state index contributed by atoms with van der Waals surface area (Å²) in [4.78, 5) is 28.2. The Hall–Kier alpha value is -1.97. The van der Waals surface area contributed by atoms with Crippen molar-refractivity contribution in [3.8, 4) is 0 Å². The van der Waals surface area contributed by atoms with Crippen LogP contribution in [-0.2, 0) is 14.3 Å². The highest BCUT2D eigenvalue weighted by Crippen LogP contribution is 2.14. The molecule has 9 nitrogen and oxygen atoms in total. The quantitative estimate of drug-likeness (QED) is 0.0199. The van der Waals surface area contributed by atoms with Gasteiger partial charge in [0.2, 0.25) is 0 Å². The Morgan fingerprint density at radius 2 is 1.38 bits per heavy atom. The van der Waals surface area contributed by atoms with E-state index in [-0.39, 0.29) is 17.8 Å². The molecule has 0 aromatic rings. The van der Waals surface area contributed by atoms with E-state index in [0.717, 1.165) is 51.6 Å². The van der Waals surface area contributed by atoms with E-state index in [9.17, 15) is 9.59 Å². The molecule has 4 N–H and O–H groups in total. The standard InChI is InChI=1S/C30H59N5O4/c1-5-6-7-8-9-10-11-14-17-20-23-34(4)25-29(39-28(3)36)22-19-16-13-12-15-18-21-24-35(31)33-26-32-27(2)30(37)38/h26,29H,2,5-25,31H2,1,3-4H3,(H,32,33)(H,37,38). The highest BCUT2D eigenvalue weighted by molar-refractivity contribution is 5.87. The zero-order chi connectivity index (χ0) is 29.1. The molecular weight excluding hydrogens is 494 g/mol. The number of ether oxygens (including phenoxy) is 1. The van der Waals surface area contributed by atoms with E-state index in [1.165, 1.54) is 95.4 Å². The Morgan fingerprint density at radius 1 is 0.897 bits per heavy atom. The molecule has 0 aromatic heterocycles. The molecule has 0 saturated heterocycles. The number of nitrogens with zero attached hydrogens (tertiary/aromatic N) is 3. The van der Waals surface area contributed by atoms with Crippen molar-refractivity contribution in [2.24, 2.45) is 10.8 Å². The van der Waals surface area contributed by atoms with Crippen LogP contribution < -0.4 is 11.3 Å². The molecular formula is C30H59N5O4. The highest BCUT2D eigenvalue weighted by Gasteiger charge is 2.14. The summed E-state index contributed by atoms with van der Waals surface area (Å²) >= 11 is 0. The number of hydrazine groups is 2. The summed E-state index contributed by atoms with van der Waals surface area (Å²) < 4.78 is 5.61. The Bertz CT molecular complexity index is 659. The normalized spacial score (nSPS) is 12.4. The number of rotatable bonds is 28. The number of likely N-dealkylation sites (N-methyl/N-ethyl adjacent to an activating group) is 1. The molecule has 0 aliphatic heterocycles. The monoisotopic (exact) mass is 553 g/mol. The largest absolute Gasteiger partial charge is 0.477 e. The number of nitrogens with two attached hydrogens (primary N) is 1. The molecule has 0 aromatic carbocycles. The topological polar surface area (TPSA) is 120 Å². The van der Waals surface area contributed by atoms with E-state index in [2.05, 4.69) is 35.9 Å². The molecule has 228 valence electrons. The number of unbranched alkanes of at least 4 members (excludes halogenated alkanes) is 15. The summed E-state index contributed by atoms with van der Waals surface area (Å²) in [5.41, 5.74) is 2.46. The molecule has 0 aliphatic rings. The van der Waals surface area contributed by atoms with Crippen molar-refractivity contribution < 1.29 is 19.4 Å². The summed E-state index contributed by atoms with van der Waals surface area (Å²) in [6, 6.07) is 0. The van der Waals surface area contributed by atoms with Crippen LogP contribution in [0.5, 0.6) is 0 Å². The second-order valence-corrected chi connectivity index (χ2v) is 10.8. The van der Waals surface area contributed by atoms with E-state index < -0.39 is 5.97 Å². The maximum Gasteiger partial charge on any atom is 0.353 e. The van der Waals surface area contributed by atoms with Crippen LogP contribution in [0.1, 0.15) is 129 Å². The predicted molar refractivity (Wildman–Crippen MR) is 161 cm³/mol. The minimum Gasteiger partial charge on any atom is -0.477 e. The number of nitrogens with one attached hydrogen (secondary N) is 1. The Kier molecular flexibility index (Phi) is 24.9. The first-order valence-electron chi connectivity index (χ1n) is 15.3. The zero-order valence-corrected chi connectivity index (χ0v) is 25.3. The maximum absolute atomic E-state index is 11.6. The molecule has 0 aliphatic carbocycles. The van der Waals surface area contributed by atoms with Crippen LogP contribution in [0.4, 0.5) is 0 Å². The number of aliphatic carboxylic acids is 1. The first kappa shape index (κ1) is 37.0. The van der Waals surface area contributed by atoms with Crippen molar-refractivity contribution in [3.05, 3.63) is 12.3 Å². The average Bonchev–Trinajstić information content (AvgIpc) is 2.88. The third-order valence-corrected chi connectivity index (χ3v) is 6.86. The molecule has 1 unspecified atom stereocenters. The molecule has 0 bridgehead atoms. The van der Waals surface area contributed by atoms with Crippen molar-refractivity contribution >= 4 is 18.3 Å². The lowest BCUT2D eigenvalue weighted by Crippen LogP contribution is -2.43. The molecule has 0 saturated carbocycles. The number of carbonyl (C=O) groups excluding carboxylic acids is 1. The second kappa shape index (κ2) is 26.3. The van der Waals surface area contributed by atoms with Gasteiger partial charge in [0.25, 0.3) is 0 Å². The van der Waals surface area contributed by atoms with E-state index in [4.69, 9.17) is 15.7 Å². The number of aliphatic imine (C=N–C) groups is 1. The van der Waals surface area contributed by atoms with Gasteiger partial charge in [-0.3, -0.25) is 16.1 Å². The SMILES string of the molecule is C=C(N=CNN(N)CCCCCCCCCC(CN(C)CCCCCCCCCCCC)OC(C)=O)C(=O)O. The summed E-state index contributed by atoms with van der Waals surface area (Å²) in [6.07, 6.45) is 23.3. The Balaban J connectivity index is 3.81. The fraction of sp³-hybridized carbons (Fsp3) is 0.833. The van der Waals surface area contributed by atoms with Gasteiger partial charge in [-0.2, -0.15) is 5.12 Å². The lowest BCUT2D eigenvalue weighted by molar-refractivity contribution is -0.147. The van der Waals surface area contributed by atoms with E-state index in [1.54, 1.807) is 0 Å². The van der Waals surface area contributed by atoms with Gasteiger partial charge in [0.05, 0.1) is 0 Å². The molecule has 1 atom stereocenters. The van der Waals surface area contributed by atoms with Gasteiger partial charge in [0, 0.05) is 20.0 Å². The van der Waals surface area contributed by atoms with Crippen LogP contribution in [0, 0.1) is 0 Å². The fourth-order valence-corrected chi connectivity index (χ4v) is 4.57. The van der Waals surface area contributed by atoms with Crippen LogP contribution >= 0.6 is 0 Å². The summed E-state index contributed by atoms with van der Waals surface area (Å²) in [6.45, 7) is 9.60. The van der Waals surface area contributed by atoms with Crippen LogP contribution in [0.15, 0.2) is 17.3 Å². The minimum atomic E-state index is -1.16. The van der Waals surface area contributed by atoms with Crippen molar-refractivity contribution in [2.75, 3.05) is 26.7 Å². The number of hydrogen-bond acceptors (Lipinski definition) is 7. The number of carboxylic acid groups (broad SMARTS) is 1. The molecule has 0 fully saturated rings. The molecule has 0 heterocycles. The van der Waals surface area contributed by atoms with Gasteiger partial charge in [0.1, 0.15) is 18.1 Å². The van der Waals surface area contributed by atoms with Crippen molar-refractivity contribution in [3.63, 3.8) is 0 Å². The van der Waals surface area contributed by atoms with E-state index >= 15 is 0 Å². The first-order valence-corrected chi connectivity index (χ1v) is 15.3. The molecule has 9 heteroatoms. The second-order valence-electron chi connectivity index (χ2n) is 10.8. The predicted octanol–water partition coefficient (Wildman–Crippen LogP) is 6.20. The van der Waals surface area contributed by atoms with Crippen LogP contribution in [-0.4, -0.2) is 66.2 Å². The zero-order valence-electron chi connectivity index (χ0n) is 25.3. The van der Waals surface area contributed by atoms with Gasteiger partial charge in [-0.25, -0.2) is 9.79 Å². The molecule has 0 rings (SSSR count). The molecule has 0 radical (unpaired) electrons. The van der Waals surface area contributed by atoms with Crippen LogP contribution in [0.3, 0.4) is 0 Å². The summed E-state index contributed by atoms with van der Waals surface area (Å²) in [5.74, 6) is 4.45. The van der Waals surface area contributed by atoms with Gasteiger partial charge < -0.3 is 14.7 Å². The van der Waals surface area contributed by atoms with Gasteiger partial charge in [0.15, 0.2) is 0 Å². The van der Waals surface area contributed by atoms with Gasteiger partial charge in [-0.15, -0.1) is 0 Å². The van der Waals surface area contributed by atoms with Gasteiger partial charge in [-0.05, 0) is 39.3 Å². The lowest BCUT2D eigenvalue weighted by Gasteiger charge is -2.24. The molecule has 0 spiro atoms. The van der Waals surface area contributed by atoms with Crippen LogP contribution in [0.2, 0.25) is 0 Å².